The Morgan fingerprint density at radius 2 is 1.73 bits per heavy atom. The van der Waals surface area contributed by atoms with E-state index in [1.807, 2.05) is 0 Å². The Kier molecular flexibility index (Phi) is 4.00. The Bertz CT molecular complexity index is 198. The SMILES string of the molecule is COC1CCCC1NC1CCCCC1O. The van der Waals surface area contributed by atoms with Crippen LogP contribution in [0.15, 0.2) is 0 Å². The summed E-state index contributed by atoms with van der Waals surface area (Å²) in [5.41, 5.74) is 0. The molecule has 88 valence electrons. The van der Waals surface area contributed by atoms with E-state index < -0.39 is 0 Å². The van der Waals surface area contributed by atoms with Gasteiger partial charge in [-0.25, -0.2) is 0 Å². The van der Waals surface area contributed by atoms with Gasteiger partial charge in [-0.1, -0.05) is 12.8 Å². The van der Waals surface area contributed by atoms with E-state index in [4.69, 9.17) is 4.74 Å². The molecule has 2 rings (SSSR count). The largest absolute Gasteiger partial charge is 0.392 e. The Morgan fingerprint density at radius 1 is 1.00 bits per heavy atom. The highest BCUT2D eigenvalue weighted by Crippen LogP contribution is 2.25. The first-order valence-corrected chi connectivity index (χ1v) is 6.28. The van der Waals surface area contributed by atoms with E-state index >= 15 is 0 Å². The molecule has 0 bridgehead atoms. The zero-order valence-electron chi connectivity index (χ0n) is 9.61. The van der Waals surface area contributed by atoms with Crippen LogP contribution >= 0.6 is 0 Å². The molecule has 2 fully saturated rings. The molecule has 0 amide bonds. The lowest BCUT2D eigenvalue weighted by Gasteiger charge is -2.32. The molecule has 4 atom stereocenters. The fourth-order valence-corrected chi connectivity index (χ4v) is 2.98. The Hall–Kier alpha value is -0.120. The summed E-state index contributed by atoms with van der Waals surface area (Å²) in [4.78, 5) is 0. The number of nitrogens with one attached hydrogen (secondary N) is 1. The number of aliphatic hydroxyl groups excluding tert-OH is 1. The van der Waals surface area contributed by atoms with E-state index in [9.17, 15) is 5.11 Å². The molecule has 0 aromatic rings. The monoisotopic (exact) mass is 213 g/mol. The highest BCUT2D eigenvalue weighted by Gasteiger charge is 2.31. The van der Waals surface area contributed by atoms with Crippen LogP contribution in [0.2, 0.25) is 0 Å². The van der Waals surface area contributed by atoms with Gasteiger partial charge >= 0.3 is 0 Å². The summed E-state index contributed by atoms with van der Waals surface area (Å²) in [6, 6.07) is 0.771. The summed E-state index contributed by atoms with van der Waals surface area (Å²) in [6.07, 6.45) is 8.33. The molecule has 0 spiro atoms. The van der Waals surface area contributed by atoms with Crippen molar-refractivity contribution in [2.45, 2.75) is 69.2 Å². The van der Waals surface area contributed by atoms with Crippen molar-refractivity contribution in [3.05, 3.63) is 0 Å². The highest BCUT2D eigenvalue weighted by molar-refractivity contribution is 4.90. The van der Waals surface area contributed by atoms with Crippen LogP contribution in [0.5, 0.6) is 0 Å². The van der Waals surface area contributed by atoms with Crippen LogP contribution in [0.3, 0.4) is 0 Å². The summed E-state index contributed by atoms with van der Waals surface area (Å²) < 4.78 is 5.46. The summed E-state index contributed by atoms with van der Waals surface area (Å²) in [5, 5.41) is 13.5. The topological polar surface area (TPSA) is 41.5 Å². The number of ether oxygens (including phenoxy) is 1. The fraction of sp³-hybridized carbons (Fsp3) is 1.00. The van der Waals surface area contributed by atoms with Gasteiger partial charge in [-0.15, -0.1) is 0 Å². The van der Waals surface area contributed by atoms with Crippen molar-refractivity contribution in [2.75, 3.05) is 7.11 Å². The van der Waals surface area contributed by atoms with Crippen molar-refractivity contribution in [1.29, 1.82) is 0 Å². The predicted octanol–water partition coefficient (Wildman–Crippen LogP) is 1.45. The minimum absolute atomic E-state index is 0.142. The minimum atomic E-state index is -0.142. The molecule has 0 heterocycles. The quantitative estimate of drug-likeness (QED) is 0.745. The van der Waals surface area contributed by atoms with Crippen LogP contribution in [0.25, 0.3) is 0 Å². The normalized spacial score (nSPS) is 42.0. The van der Waals surface area contributed by atoms with E-state index in [2.05, 4.69) is 5.32 Å². The van der Waals surface area contributed by atoms with Gasteiger partial charge in [0.2, 0.25) is 0 Å². The average Bonchev–Trinajstić information content (AvgIpc) is 2.69. The standard InChI is InChI=1S/C12H23NO2/c1-15-12-8-4-6-10(12)13-9-5-2-3-7-11(9)14/h9-14H,2-8H2,1H3. The van der Waals surface area contributed by atoms with Gasteiger partial charge in [0.1, 0.15) is 0 Å². The van der Waals surface area contributed by atoms with Gasteiger partial charge in [0, 0.05) is 19.2 Å². The summed E-state index contributed by atoms with van der Waals surface area (Å²) >= 11 is 0. The third-order valence-corrected chi connectivity index (χ3v) is 3.91. The molecular weight excluding hydrogens is 190 g/mol. The lowest BCUT2D eigenvalue weighted by molar-refractivity contribution is 0.0495. The predicted molar refractivity (Wildman–Crippen MR) is 59.8 cm³/mol. The lowest BCUT2D eigenvalue weighted by Crippen LogP contribution is -2.49. The molecule has 15 heavy (non-hydrogen) atoms. The van der Waals surface area contributed by atoms with E-state index in [-0.39, 0.29) is 6.10 Å². The molecule has 0 saturated heterocycles. The third-order valence-electron chi connectivity index (χ3n) is 3.91. The average molecular weight is 213 g/mol. The van der Waals surface area contributed by atoms with Crippen molar-refractivity contribution in [1.82, 2.24) is 5.32 Å². The molecule has 2 aliphatic rings. The van der Waals surface area contributed by atoms with Crippen molar-refractivity contribution in [3.8, 4) is 0 Å². The Labute approximate surface area is 92.2 Å². The zero-order valence-corrected chi connectivity index (χ0v) is 9.61. The Balaban J connectivity index is 1.84. The van der Waals surface area contributed by atoms with E-state index in [1.54, 1.807) is 7.11 Å². The second-order valence-electron chi connectivity index (χ2n) is 4.94. The van der Waals surface area contributed by atoms with Crippen LogP contribution in [-0.2, 0) is 4.74 Å². The van der Waals surface area contributed by atoms with Gasteiger partial charge in [-0.2, -0.15) is 0 Å². The zero-order chi connectivity index (χ0) is 10.7. The van der Waals surface area contributed by atoms with Gasteiger partial charge < -0.3 is 15.2 Å². The number of hydrogen-bond acceptors (Lipinski definition) is 3. The van der Waals surface area contributed by atoms with Crippen molar-refractivity contribution in [3.63, 3.8) is 0 Å². The molecule has 0 aromatic carbocycles. The van der Waals surface area contributed by atoms with E-state index in [0.717, 1.165) is 19.3 Å². The molecule has 3 heteroatoms. The van der Waals surface area contributed by atoms with Crippen molar-refractivity contribution < 1.29 is 9.84 Å². The maximum absolute atomic E-state index is 9.88. The molecule has 2 aliphatic carbocycles. The minimum Gasteiger partial charge on any atom is -0.392 e. The van der Waals surface area contributed by atoms with E-state index in [1.165, 1.54) is 25.7 Å². The van der Waals surface area contributed by atoms with Gasteiger partial charge in [-0.3, -0.25) is 0 Å². The maximum atomic E-state index is 9.88. The fourth-order valence-electron chi connectivity index (χ4n) is 2.98. The smallest absolute Gasteiger partial charge is 0.0724 e. The second kappa shape index (κ2) is 5.28. The molecule has 2 saturated carbocycles. The number of aliphatic hydroxyl groups is 1. The van der Waals surface area contributed by atoms with Crippen LogP contribution in [0, 0.1) is 0 Å². The van der Waals surface area contributed by atoms with E-state index in [0.29, 0.717) is 18.2 Å². The summed E-state index contributed by atoms with van der Waals surface area (Å²) in [7, 11) is 1.79. The van der Waals surface area contributed by atoms with Crippen LogP contribution in [0.4, 0.5) is 0 Å². The molecule has 4 unspecified atom stereocenters. The van der Waals surface area contributed by atoms with Crippen molar-refractivity contribution in [2.24, 2.45) is 0 Å². The molecule has 3 nitrogen and oxygen atoms in total. The third kappa shape index (κ3) is 2.71. The van der Waals surface area contributed by atoms with Crippen LogP contribution < -0.4 is 5.32 Å². The second-order valence-corrected chi connectivity index (χ2v) is 4.94. The summed E-state index contributed by atoms with van der Waals surface area (Å²) in [5.74, 6) is 0. The first-order valence-electron chi connectivity index (χ1n) is 6.28. The number of hydrogen-bond donors (Lipinski definition) is 2. The molecule has 0 aromatic heterocycles. The molecule has 0 aliphatic heterocycles. The van der Waals surface area contributed by atoms with Crippen LogP contribution in [-0.4, -0.2) is 36.5 Å². The van der Waals surface area contributed by atoms with Gasteiger partial charge in [0.25, 0.3) is 0 Å². The number of methoxy groups -OCH3 is 1. The Morgan fingerprint density at radius 3 is 2.47 bits per heavy atom. The molecular formula is C12H23NO2. The maximum Gasteiger partial charge on any atom is 0.0724 e. The van der Waals surface area contributed by atoms with Gasteiger partial charge in [-0.05, 0) is 32.1 Å². The lowest BCUT2D eigenvalue weighted by atomic mass is 9.92. The first kappa shape index (κ1) is 11.4. The number of rotatable bonds is 3. The van der Waals surface area contributed by atoms with Crippen molar-refractivity contribution >= 4 is 0 Å². The van der Waals surface area contributed by atoms with Gasteiger partial charge in [0.15, 0.2) is 0 Å². The molecule has 0 radical (unpaired) electrons. The van der Waals surface area contributed by atoms with Crippen LogP contribution in [0.1, 0.15) is 44.9 Å². The molecule has 2 N–H and O–H groups in total. The van der Waals surface area contributed by atoms with Gasteiger partial charge in [0.05, 0.1) is 12.2 Å². The summed E-state index contributed by atoms with van der Waals surface area (Å²) in [6.45, 7) is 0. The first-order chi connectivity index (χ1) is 7.31. The highest BCUT2D eigenvalue weighted by atomic mass is 16.5.